The van der Waals surface area contributed by atoms with Gasteiger partial charge < -0.3 is 5.32 Å². The summed E-state index contributed by atoms with van der Waals surface area (Å²) in [7, 11) is 0. The maximum Gasteiger partial charge on any atom is 0.0195 e. The Morgan fingerprint density at radius 2 is 1.60 bits per heavy atom. The van der Waals surface area contributed by atoms with Crippen LogP contribution in [0.3, 0.4) is 0 Å². The molecule has 2 nitrogen and oxygen atoms in total. The zero-order valence-corrected chi connectivity index (χ0v) is 13.4. The van der Waals surface area contributed by atoms with E-state index in [0.29, 0.717) is 0 Å². The van der Waals surface area contributed by atoms with E-state index >= 15 is 0 Å². The van der Waals surface area contributed by atoms with Crippen molar-refractivity contribution >= 4 is 0 Å². The van der Waals surface area contributed by atoms with Crippen LogP contribution in [-0.4, -0.2) is 36.1 Å². The van der Waals surface area contributed by atoms with Gasteiger partial charge in [-0.1, -0.05) is 26.2 Å². The molecule has 2 aliphatic carbocycles. The van der Waals surface area contributed by atoms with Crippen LogP contribution in [-0.2, 0) is 0 Å². The number of nitrogens with one attached hydrogen (secondary N) is 1. The first-order valence-corrected chi connectivity index (χ1v) is 9.36. The zero-order chi connectivity index (χ0) is 13.8. The van der Waals surface area contributed by atoms with Crippen molar-refractivity contribution < 1.29 is 0 Å². The Hall–Kier alpha value is -0.0800. The minimum atomic E-state index is 0.790. The average molecular weight is 278 g/mol. The molecule has 0 aromatic rings. The number of piperidine rings is 1. The standard InChI is InChI=1S/C18H34N2/c1-2-5-15-7-9-17(10-8-15)20(18-11-12-18)14-16-6-3-4-13-19-16/h15-19H,2-14H2,1H3. The van der Waals surface area contributed by atoms with Crippen LogP contribution in [0.4, 0.5) is 0 Å². The van der Waals surface area contributed by atoms with Crippen LogP contribution >= 0.6 is 0 Å². The molecule has 2 heteroatoms. The number of hydrogen-bond donors (Lipinski definition) is 1. The Morgan fingerprint density at radius 1 is 0.900 bits per heavy atom. The summed E-state index contributed by atoms with van der Waals surface area (Å²) in [6.45, 7) is 4.94. The molecule has 1 atom stereocenters. The van der Waals surface area contributed by atoms with Crippen LogP contribution in [0.25, 0.3) is 0 Å². The van der Waals surface area contributed by atoms with Gasteiger partial charge in [0.05, 0.1) is 0 Å². The van der Waals surface area contributed by atoms with Gasteiger partial charge in [0.15, 0.2) is 0 Å². The van der Waals surface area contributed by atoms with Crippen LogP contribution in [0.5, 0.6) is 0 Å². The molecule has 1 unspecified atom stereocenters. The Bertz CT molecular complexity index is 273. The fourth-order valence-electron chi connectivity index (χ4n) is 4.51. The third-order valence-electron chi connectivity index (χ3n) is 5.84. The molecular formula is C18H34N2. The van der Waals surface area contributed by atoms with E-state index in [1.54, 1.807) is 0 Å². The Morgan fingerprint density at radius 3 is 2.15 bits per heavy atom. The predicted molar refractivity (Wildman–Crippen MR) is 86.0 cm³/mol. The van der Waals surface area contributed by atoms with Crippen molar-refractivity contribution in [2.45, 2.75) is 95.7 Å². The largest absolute Gasteiger partial charge is 0.313 e. The molecule has 3 aliphatic rings. The molecule has 0 aromatic carbocycles. The second-order valence-electron chi connectivity index (χ2n) is 7.54. The first-order valence-electron chi connectivity index (χ1n) is 9.36. The van der Waals surface area contributed by atoms with Crippen LogP contribution in [0.15, 0.2) is 0 Å². The minimum absolute atomic E-state index is 0.790. The molecule has 1 heterocycles. The van der Waals surface area contributed by atoms with Gasteiger partial charge in [0.1, 0.15) is 0 Å². The first kappa shape index (κ1) is 14.8. The fourth-order valence-corrected chi connectivity index (χ4v) is 4.51. The monoisotopic (exact) mass is 278 g/mol. The van der Waals surface area contributed by atoms with Crippen LogP contribution in [0, 0.1) is 5.92 Å². The van der Waals surface area contributed by atoms with Gasteiger partial charge in [-0.25, -0.2) is 0 Å². The van der Waals surface area contributed by atoms with E-state index in [-0.39, 0.29) is 0 Å². The van der Waals surface area contributed by atoms with Crippen molar-refractivity contribution in [1.82, 2.24) is 10.2 Å². The molecule has 1 aliphatic heterocycles. The highest BCUT2D eigenvalue weighted by Gasteiger charge is 2.36. The van der Waals surface area contributed by atoms with Gasteiger partial charge in [0.2, 0.25) is 0 Å². The maximum atomic E-state index is 3.76. The Kier molecular flexibility index (Phi) is 5.39. The van der Waals surface area contributed by atoms with Crippen LogP contribution in [0.1, 0.15) is 77.6 Å². The van der Waals surface area contributed by atoms with Gasteiger partial charge in [-0.15, -0.1) is 0 Å². The zero-order valence-electron chi connectivity index (χ0n) is 13.4. The number of rotatable bonds is 6. The maximum absolute atomic E-state index is 3.76. The van der Waals surface area contributed by atoms with E-state index in [4.69, 9.17) is 0 Å². The third-order valence-corrected chi connectivity index (χ3v) is 5.84. The SMILES string of the molecule is CCCC1CCC(N(CC2CCCCN2)C2CC2)CC1. The molecule has 20 heavy (non-hydrogen) atoms. The molecule has 0 amide bonds. The lowest BCUT2D eigenvalue weighted by Crippen LogP contribution is -2.49. The highest BCUT2D eigenvalue weighted by molar-refractivity contribution is 4.93. The molecular weight excluding hydrogens is 244 g/mol. The fraction of sp³-hybridized carbons (Fsp3) is 1.00. The Balaban J connectivity index is 1.49. The van der Waals surface area contributed by atoms with Crippen molar-refractivity contribution in [3.63, 3.8) is 0 Å². The predicted octanol–water partition coefficient (Wildman–Crippen LogP) is 3.95. The van der Waals surface area contributed by atoms with Crippen molar-refractivity contribution in [3.05, 3.63) is 0 Å². The Labute approximate surface area is 125 Å². The summed E-state index contributed by atoms with van der Waals surface area (Å²) in [4.78, 5) is 2.92. The lowest BCUT2D eigenvalue weighted by atomic mass is 9.82. The van der Waals surface area contributed by atoms with Gasteiger partial charge >= 0.3 is 0 Å². The summed E-state index contributed by atoms with van der Waals surface area (Å²) >= 11 is 0. The van der Waals surface area contributed by atoms with Gasteiger partial charge in [0, 0.05) is 24.7 Å². The number of hydrogen-bond acceptors (Lipinski definition) is 2. The van der Waals surface area contributed by atoms with Crippen LogP contribution in [0.2, 0.25) is 0 Å². The minimum Gasteiger partial charge on any atom is -0.313 e. The van der Waals surface area contributed by atoms with E-state index in [1.165, 1.54) is 83.7 Å². The van der Waals surface area contributed by atoms with E-state index in [9.17, 15) is 0 Å². The van der Waals surface area contributed by atoms with Crippen molar-refractivity contribution in [3.8, 4) is 0 Å². The smallest absolute Gasteiger partial charge is 0.0195 e. The molecule has 0 radical (unpaired) electrons. The lowest BCUT2D eigenvalue weighted by molar-refractivity contribution is 0.109. The lowest BCUT2D eigenvalue weighted by Gasteiger charge is -2.40. The quantitative estimate of drug-likeness (QED) is 0.791. The van der Waals surface area contributed by atoms with Gasteiger partial charge in [-0.2, -0.15) is 0 Å². The third kappa shape index (κ3) is 3.98. The molecule has 3 fully saturated rings. The highest BCUT2D eigenvalue weighted by Crippen LogP contribution is 2.36. The van der Waals surface area contributed by atoms with Crippen molar-refractivity contribution in [2.24, 2.45) is 5.92 Å². The van der Waals surface area contributed by atoms with E-state index < -0.39 is 0 Å². The molecule has 1 saturated heterocycles. The van der Waals surface area contributed by atoms with Gasteiger partial charge in [-0.05, 0) is 63.8 Å². The summed E-state index contributed by atoms with van der Waals surface area (Å²) in [6, 6.07) is 2.66. The second-order valence-corrected chi connectivity index (χ2v) is 7.54. The molecule has 3 rings (SSSR count). The number of nitrogens with zero attached hydrogens (tertiary/aromatic N) is 1. The summed E-state index contributed by atoms with van der Waals surface area (Å²) in [6.07, 6.45) is 16.0. The molecule has 116 valence electrons. The molecule has 0 aromatic heterocycles. The van der Waals surface area contributed by atoms with E-state index in [2.05, 4.69) is 17.1 Å². The van der Waals surface area contributed by atoms with Crippen molar-refractivity contribution in [2.75, 3.05) is 13.1 Å². The summed E-state index contributed by atoms with van der Waals surface area (Å²) < 4.78 is 0. The second kappa shape index (κ2) is 7.26. The normalized spacial score (nSPS) is 35.4. The van der Waals surface area contributed by atoms with Crippen LogP contribution < -0.4 is 5.32 Å². The topological polar surface area (TPSA) is 15.3 Å². The first-order chi connectivity index (χ1) is 9.86. The molecule has 0 bridgehead atoms. The average Bonchev–Trinajstić information content (AvgIpc) is 3.32. The van der Waals surface area contributed by atoms with E-state index in [0.717, 1.165) is 24.0 Å². The molecule has 0 spiro atoms. The van der Waals surface area contributed by atoms with Gasteiger partial charge in [-0.3, -0.25) is 4.90 Å². The summed E-state index contributed by atoms with van der Waals surface area (Å²) in [5.74, 6) is 1.05. The van der Waals surface area contributed by atoms with Crippen molar-refractivity contribution in [1.29, 1.82) is 0 Å². The summed E-state index contributed by atoms with van der Waals surface area (Å²) in [5.41, 5.74) is 0. The summed E-state index contributed by atoms with van der Waals surface area (Å²) in [5, 5.41) is 3.76. The molecule has 2 saturated carbocycles. The molecule has 1 N–H and O–H groups in total. The highest BCUT2D eigenvalue weighted by atomic mass is 15.2. The van der Waals surface area contributed by atoms with Gasteiger partial charge in [0.25, 0.3) is 0 Å². The van der Waals surface area contributed by atoms with E-state index in [1.807, 2.05) is 0 Å².